The van der Waals surface area contributed by atoms with Crippen LogP contribution in [0.5, 0.6) is 0 Å². The van der Waals surface area contributed by atoms with E-state index in [1.165, 1.54) is 0 Å². The Morgan fingerprint density at radius 2 is 1.85 bits per heavy atom. The summed E-state index contributed by atoms with van der Waals surface area (Å²) in [5.74, 6) is 0.932. The molecular weight excluding hydrogens is 354 g/mol. The van der Waals surface area contributed by atoms with Crippen molar-refractivity contribution in [3.8, 4) is 0 Å². The second-order valence-corrected chi connectivity index (χ2v) is 8.19. The number of likely N-dealkylation sites (tertiary alicyclic amines) is 1. The second-order valence-electron chi connectivity index (χ2n) is 6.58. The Balaban J connectivity index is 1.75. The molecule has 1 aliphatic rings. The van der Waals surface area contributed by atoms with E-state index in [4.69, 9.17) is 8.92 Å². The summed E-state index contributed by atoms with van der Waals surface area (Å²) in [7, 11) is -3.71. The molecule has 1 heterocycles. The molecule has 0 aromatic heterocycles. The summed E-state index contributed by atoms with van der Waals surface area (Å²) in [4.78, 5) is 13.8. The van der Waals surface area contributed by atoms with Gasteiger partial charge in [-0.25, -0.2) is 4.79 Å². The SMILES string of the molecule is C/C=C(\C)OC(=O)N1CCC(CCOS(=O)(=O)c2ccc(C)cc2)CC1. The number of carbonyl (C=O) groups is 1. The highest BCUT2D eigenvalue weighted by Gasteiger charge is 2.24. The summed E-state index contributed by atoms with van der Waals surface area (Å²) >= 11 is 0. The number of allylic oxidation sites excluding steroid dienone is 2. The minimum absolute atomic E-state index is 0.156. The molecule has 0 bridgehead atoms. The molecule has 0 atom stereocenters. The first-order valence-electron chi connectivity index (χ1n) is 8.87. The third-order valence-electron chi connectivity index (χ3n) is 4.60. The number of hydrogen-bond donors (Lipinski definition) is 0. The van der Waals surface area contributed by atoms with Gasteiger partial charge in [-0.05, 0) is 64.2 Å². The minimum atomic E-state index is -3.71. The quantitative estimate of drug-likeness (QED) is 0.553. The smallest absolute Gasteiger partial charge is 0.414 e. The maximum absolute atomic E-state index is 12.2. The van der Waals surface area contributed by atoms with E-state index in [9.17, 15) is 13.2 Å². The van der Waals surface area contributed by atoms with Gasteiger partial charge in [-0.1, -0.05) is 17.7 Å². The molecule has 0 spiro atoms. The van der Waals surface area contributed by atoms with Gasteiger partial charge in [0.2, 0.25) is 0 Å². The van der Waals surface area contributed by atoms with Crippen molar-refractivity contribution in [2.45, 2.75) is 44.9 Å². The van der Waals surface area contributed by atoms with Crippen molar-refractivity contribution in [1.82, 2.24) is 4.90 Å². The third-order valence-corrected chi connectivity index (χ3v) is 5.93. The third kappa shape index (κ3) is 5.85. The first-order valence-corrected chi connectivity index (χ1v) is 10.3. The molecular formula is C19H27NO5S. The van der Waals surface area contributed by atoms with Crippen LogP contribution in [-0.4, -0.2) is 39.1 Å². The van der Waals surface area contributed by atoms with Crippen LogP contribution in [0.25, 0.3) is 0 Å². The lowest BCUT2D eigenvalue weighted by atomic mass is 9.94. The maximum atomic E-state index is 12.2. The molecule has 1 saturated heterocycles. The van der Waals surface area contributed by atoms with Crippen molar-refractivity contribution in [1.29, 1.82) is 0 Å². The van der Waals surface area contributed by atoms with Crippen LogP contribution >= 0.6 is 0 Å². The van der Waals surface area contributed by atoms with Crippen molar-refractivity contribution < 1.29 is 22.1 Å². The number of carbonyl (C=O) groups excluding carboxylic acids is 1. The Hall–Kier alpha value is -1.86. The molecule has 1 aliphatic heterocycles. The van der Waals surface area contributed by atoms with Gasteiger partial charge in [0.1, 0.15) is 5.76 Å². The van der Waals surface area contributed by atoms with E-state index in [0.29, 0.717) is 31.2 Å². The maximum Gasteiger partial charge on any atom is 0.414 e. The highest BCUT2D eigenvalue weighted by Crippen LogP contribution is 2.22. The zero-order valence-corrected chi connectivity index (χ0v) is 16.4. The van der Waals surface area contributed by atoms with Gasteiger partial charge in [0.05, 0.1) is 11.5 Å². The molecule has 0 aliphatic carbocycles. The topological polar surface area (TPSA) is 72.9 Å². The molecule has 2 rings (SSSR count). The van der Waals surface area contributed by atoms with E-state index in [1.54, 1.807) is 42.2 Å². The largest absolute Gasteiger partial charge is 0.415 e. The van der Waals surface area contributed by atoms with E-state index in [2.05, 4.69) is 0 Å². The number of ether oxygens (including phenoxy) is 1. The number of nitrogens with zero attached hydrogens (tertiary/aromatic N) is 1. The summed E-state index contributed by atoms with van der Waals surface area (Å²) in [6.07, 6.45) is 3.71. The Labute approximate surface area is 155 Å². The van der Waals surface area contributed by atoms with Crippen LogP contribution in [0.2, 0.25) is 0 Å². The highest BCUT2D eigenvalue weighted by molar-refractivity contribution is 7.86. The van der Waals surface area contributed by atoms with Crippen LogP contribution in [0.15, 0.2) is 41.0 Å². The van der Waals surface area contributed by atoms with Crippen LogP contribution in [-0.2, 0) is 19.0 Å². The molecule has 1 aromatic rings. The van der Waals surface area contributed by atoms with Gasteiger partial charge in [0.25, 0.3) is 10.1 Å². The first-order chi connectivity index (χ1) is 12.3. The van der Waals surface area contributed by atoms with Gasteiger partial charge in [-0.3, -0.25) is 4.18 Å². The van der Waals surface area contributed by atoms with E-state index in [1.807, 2.05) is 13.8 Å². The number of aryl methyl sites for hydroxylation is 1. The highest BCUT2D eigenvalue weighted by atomic mass is 32.2. The van der Waals surface area contributed by atoms with Gasteiger partial charge < -0.3 is 9.64 Å². The van der Waals surface area contributed by atoms with Crippen molar-refractivity contribution in [3.63, 3.8) is 0 Å². The van der Waals surface area contributed by atoms with E-state index < -0.39 is 10.1 Å². The predicted molar refractivity (Wildman–Crippen MR) is 99.1 cm³/mol. The summed E-state index contributed by atoms with van der Waals surface area (Å²) in [5, 5.41) is 0. The lowest BCUT2D eigenvalue weighted by Crippen LogP contribution is -2.38. The molecule has 0 radical (unpaired) electrons. The summed E-state index contributed by atoms with van der Waals surface area (Å²) in [6, 6.07) is 6.62. The second kappa shape index (κ2) is 9.19. The summed E-state index contributed by atoms with van der Waals surface area (Å²) < 4.78 is 34.7. The minimum Gasteiger partial charge on any atom is -0.415 e. The molecule has 0 unspecified atom stereocenters. The fraction of sp³-hybridized carbons (Fsp3) is 0.526. The summed E-state index contributed by atoms with van der Waals surface area (Å²) in [5.41, 5.74) is 0.999. The molecule has 144 valence electrons. The molecule has 1 aromatic carbocycles. The molecule has 0 saturated carbocycles. The van der Waals surface area contributed by atoms with Gasteiger partial charge in [-0.15, -0.1) is 0 Å². The predicted octanol–water partition coefficient (Wildman–Crippen LogP) is 3.86. The Morgan fingerprint density at radius 1 is 1.23 bits per heavy atom. The van der Waals surface area contributed by atoms with Gasteiger partial charge in [0.15, 0.2) is 0 Å². The van der Waals surface area contributed by atoms with Crippen LogP contribution in [0.1, 0.15) is 38.7 Å². The molecule has 1 fully saturated rings. The fourth-order valence-electron chi connectivity index (χ4n) is 2.76. The number of benzene rings is 1. The van der Waals surface area contributed by atoms with Crippen molar-refractivity contribution >= 4 is 16.2 Å². The lowest BCUT2D eigenvalue weighted by molar-refractivity contribution is 0.107. The number of piperidine rings is 1. The van der Waals surface area contributed by atoms with Crippen LogP contribution in [0, 0.1) is 12.8 Å². The van der Waals surface area contributed by atoms with E-state index >= 15 is 0 Å². The molecule has 0 N–H and O–H groups in total. The van der Waals surface area contributed by atoms with Gasteiger partial charge in [0, 0.05) is 13.1 Å². The number of rotatable bonds is 6. The van der Waals surface area contributed by atoms with Crippen LogP contribution in [0.4, 0.5) is 4.79 Å². The van der Waals surface area contributed by atoms with Crippen LogP contribution in [0.3, 0.4) is 0 Å². The number of hydrogen-bond acceptors (Lipinski definition) is 5. The zero-order chi connectivity index (χ0) is 19.2. The van der Waals surface area contributed by atoms with E-state index in [-0.39, 0.29) is 17.6 Å². The average molecular weight is 381 g/mol. The average Bonchev–Trinajstić information content (AvgIpc) is 2.62. The zero-order valence-electron chi connectivity index (χ0n) is 15.6. The summed E-state index contributed by atoms with van der Waals surface area (Å²) in [6.45, 7) is 6.86. The van der Waals surface area contributed by atoms with Crippen molar-refractivity contribution in [3.05, 3.63) is 41.7 Å². The van der Waals surface area contributed by atoms with Gasteiger partial charge >= 0.3 is 6.09 Å². The molecule has 1 amide bonds. The Bertz CT molecular complexity index is 732. The molecule has 6 nitrogen and oxygen atoms in total. The van der Waals surface area contributed by atoms with E-state index in [0.717, 1.165) is 18.4 Å². The normalized spacial score (nSPS) is 16.6. The van der Waals surface area contributed by atoms with Crippen LogP contribution < -0.4 is 0 Å². The van der Waals surface area contributed by atoms with Crippen molar-refractivity contribution in [2.24, 2.45) is 5.92 Å². The van der Waals surface area contributed by atoms with Crippen molar-refractivity contribution in [2.75, 3.05) is 19.7 Å². The fourth-order valence-corrected chi connectivity index (χ4v) is 3.68. The monoisotopic (exact) mass is 381 g/mol. The first kappa shape index (κ1) is 20.5. The molecule has 26 heavy (non-hydrogen) atoms. The lowest BCUT2D eigenvalue weighted by Gasteiger charge is -2.31. The molecule has 7 heteroatoms. The number of amides is 1. The Morgan fingerprint density at radius 3 is 2.42 bits per heavy atom. The van der Waals surface area contributed by atoms with Gasteiger partial charge in [-0.2, -0.15) is 8.42 Å². The Kier molecular flexibility index (Phi) is 7.23. The standard InChI is InChI=1S/C19H27NO5S/c1-4-16(3)25-19(21)20-12-9-17(10-13-20)11-14-24-26(22,23)18-7-5-15(2)6-8-18/h4-8,17H,9-14H2,1-3H3/b16-4+.